The molecule has 2 aromatic rings. The highest BCUT2D eigenvalue weighted by Gasteiger charge is 2.26. The summed E-state index contributed by atoms with van der Waals surface area (Å²) in [6.45, 7) is 13.6. The largest absolute Gasteiger partial charge is 0.379 e. The normalized spacial score (nSPS) is 19.4. The molecule has 1 aromatic heterocycles. The maximum absolute atomic E-state index is 5.48. The van der Waals surface area contributed by atoms with Crippen molar-refractivity contribution in [1.29, 1.82) is 0 Å². The van der Waals surface area contributed by atoms with E-state index < -0.39 is 0 Å². The van der Waals surface area contributed by atoms with Gasteiger partial charge in [-0.3, -0.25) is 14.4 Å². The number of benzene rings is 1. The Morgan fingerprint density at radius 2 is 1.81 bits per heavy atom. The Morgan fingerprint density at radius 3 is 2.62 bits per heavy atom. The van der Waals surface area contributed by atoms with Crippen LogP contribution >= 0.6 is 0 Å². The molecular weight excluding hydrogens is 326 g/mol. The summed E-state index contributed by atoms with van der Waals surface area (Å²) in [7, 11) is 0. The monoisotopic (exact) mass is 357 g/mol. The first-order valence-electron chi connectivity index (χ1n) is 9.93. The summed E-state index contributed by atoms with van der Waals surface area (Å²) in [4.78, 5) is 12.5. The molecular formula is C20H31N5O. The van der Waals surface area contributed by atoms with Gasteiger partial charge in [0.25, 0.3) is 0 Å². The first-order chi connectivity index (χ1) is 12.7. The molecule has 26 heavy (non-hydrogen) atoms. The Hall–Kier alpha value is -1.63. The summed E-state index contributed by atoms with van der Waals surface area (Å²) < 4.78 is 7.87. The van der Waals surface area contributed by atoms with Crippen LogP contribution in [-0.4, -0.2) is 72.0 Å². The van der Waals surface area contributed by atoms with Gasteiger partial charge in [0.05, 0.1) is 37.6 Å². The predicted octanol–water partition coefficient (Wildman–Crippen LogP) is 2.45. The van der Waals surface area contributed by atoms with Crippen molar-refractivity contribution in [2.24, 2.45) is 5.92 Å². The average Bonchev–Trinajstić information content (AvgIpc) is 3.04. The molecule has 4 rings (SSSR count). The Balaban J connectivity index is 1.53. The summed E-state index contributed by atoms with van der Waals surface area (Å²) in [6, 6.07) is 8.51. The average molecular weight is 358 g/mol. The molecule has 1 saturated heterocycles. The van der Waals surface area contributed by atoms with Crippen molar-refractivity contribution >= 4 is 17.0 Å². The van der Waals surface area contributed by atoms with E-state index in [1.165, 1.54) is 11.9 Å². The standard InChI is InChI=1S/C20H31N5O/c1-17(2)7-8-23-15-24(10-9-22-11-13-26-14-12-22)20-21-18-5-3-4-6-19(18)25(20)16-23/h3-6,17H,7-16H2,1-2H3. The molecule has 2 aliphatic rings. The zero-order valence-corrected chi connectivity index (χ0v) is 16.1. The van der Waals surface area contributed by atoms with Gasteiger partial charge >= 0.3 is 0 Å². The number of morpholine rings is 1. The fourth-order valence-corrected chi connectivity index (χ4v) is 3.83. The van der Waals surface area contributed by atoms with Gasteiger partial charge in [-0.15, -0.1) is 0 Å². The number of imidazole rings is 1. The molecule has 0 amide bonds. The van der Waals surface area contributed by atoms with Gasteiger partial charge in [-0.25, -0.2) is 4.98 Å². The number of fused-ring (bicyclic) bond motifs is 3. The number of aromatic nitrogens is 2. The molecule has 0 saturated carbocycles. The number of nitrogens with zero attached hydrogens (tertiary/aromatic N) is 5. The van der Waals surface area contributed by atoms with Crippen molar-refractivity contribution in [2.45, 2.75) is 26.9 Å². The first kappa shape index (κ1) is 17.8. The van der Waals surface area contributed by atoms with Crippen molar-refractivity contribution in [3.8, 4) is 0 Å². The van der Waals surface area contributed by atoms with E-state index in [4.69, 9.17) is 9.72 Å². The second-order valence-corrected chi connectivity index (χ2v) is 7.91. The Morgan fingerprint density at radius 1 is 1.00 bits per heavy atom. The van der Waals surface area contributed by atoms with Gasteiger partial charge in [0.2, 0.25) is 5.95 Å². The lowest BCUT2D eigenvalue weighted by atomic mass is 10.1. The molecule has 1 fully saturated rings. The zero-order valence-electron chi connectivity index (χ0n) is 16.1. The number of rotatable bonds is 6. The van der Waals surface area contributed by atoms with Gasteiger partial charge in [-0.1, -0.05) is 26.0 Å². The lowest BCUT2D eigenvalue weighted by molar-refractivity contribution is 0.0385. The Labute approximate surface area is 156 Å². The third-order valence-corrected chi connectivity index (χ3v) is 5.44. The minimum Gasteiger partial charge on any atom is -0.379 e. The van der Waals surface area contributed by atoms with Gasteiger partial charge in [-0.05, 0) is 24.5 Å². The highest BCUT2D eigenvalue weighted by atomic mass is 16.5. The van der Waals surface area contributed by atoms with Crippen LogP contribution < -0.4 is 4.90 Å². The van der Waals surface area contributed by atoms with E-state index in [1.54, 1.807) is 0 Å². The summed E-state index contributed by atoms with van der Waals surface area (Å²) in [6.07, 6.45) is 1.24. The number of para-hydroxylation sites is 2. The zero-order chi connectivity index (χ0) is 17.9. The Kier molecular flexibility index (Phi) is 5.43. The third kappa shape index (κ3) is 3.87. The van der Waals surface area contributed by atoms with Gasteiger partial charge in [0.1, 0.15) is 0 Å². The van der Waals surface area contributed by atoms with Crippen LogP contribution in [0.25, 0.3) is 11.0 Å². The quantitative estimate of drug-likeness (QED) is 0.794. The molecule has 142 valence electrons. The highest BCUT2D eigenvalue weighted by molar-refractivity contribution is 5.79. The second kappa shape index (κ2) is 7.94. The molecule has 6 heteroatoms. The van der Waals surface area contributed by atoms with Crippen molar-refractivity contribution in [3.05, 3.63) is 24.3 Å². The summed E-state index contributed by atoms with van der Waals surface area (Å²) in [5.41, 5.74) is 2.35. The minimum atomic E-state index is 0.734. The summed E-state index contributed by atoms with van der Waals surface area (Å²) >= 11 is 0. The molecule has 0 atom stereocenters. The second-order valence-electron chi connectivity index (χ2n) is 7.91. The van der Waals surface area contributed by atoms with Gasteiger partial charge in [0.15, 0.2) is 0 Å². The van der Waals surface area contributed by atoms with E-state index in [0.717, 1.165) is 76.7 Å². The molecule has 0 spiro atoms. The molecule has 0 radical (unpaired) electrons. The molecule has 0 unspecified atom stereocenters. The minimum absolute atomic E-state index is 0.734. The number of anilines is 1. The molecule has 0 aliphatic carbocycles. The molecule has 0 bridgehead atoms. The smallest absolute Gasteiger partial charge is 0.208 e. The van der Waals surface area contributed by atoms with Crippen LogP contribution in [0.4, 0.5) is 5.95 Å². The highest BCUT2D eigenvalue weighted by Crippen LogP contribution is 2.27. The number of hydrogen-bond donors (Lipinski definition) is 0. The number of hydrogen-bond acceptors (Lipinski definition) is 5. The van der Waals surface area contributed by atoms with E-state index in [9.17, 15) is 0 Å². The SMILES string of the molecule is CC(C)CCN1CN(CCN2CCOCC2)c2nc3ccccc3n2C1. The molecule has 0 N–H and O–H groups in total. The fraction of sp³-hybridized carbons (Fsp3) is 0.650. The van der Waals surface area contributed by atoms with Crippen LogP contribution in [0, 0.1) is 5.92 Å². The van der Waals surface area contributed by atoms with Crippen molar-refractivity contribution in [2.75, 3.05) is 57.5 Å². The third-order valence-electron chi connectivity index (χ3n) is 5.44. The molecule has 2 aliphatic heterocycles. The van der Waals surface area contributed by atoms with Crippen molar-refractivity contribution < 1.29 is 4.74 Å². The maximum atomic E-state index is 5.48. The van der Waals surface area contributed by atoms with E-state index in [0.29, 0.717) is 0 Å². The summed E-state index contributed by atoms with van der Waals surface area (Å²) in [5, 5.41) is 0. The van der Waals surface area contributed by atoms with Crippen molar-refractivity contribution in [3.63, 3.8) is 0 Å². The maximum Gasteiger partial charge on any atom is 0.208 e. The Bertz CT molecular complexity index is 722. The van der Waals surface area contributed by atoms with Crippen LogP contribution in [0.3, 0.4) is 0 Å². The van der Waals surface area contributed by atoms with Gasteiger partial charge in [-0.2, -0.15) is 0 Å². The van der Waals surface area contributed by atoms with Gasteiger partial charge < -0.3 is 9.64 Å². The van der Waals surface area contributed by atoms with E-state index in [2.05, 4.69) is 57.4 Å². The van der Waals surface area contributed by atoms with E-state index in [1.807, 2.05) is 0 Å². The van der Waals surface area contributed by atoms with Crippen LogP contribution in [0.1, 0.15) is 20.3 Å². The van der Waals surface area contributed by atoms with Crippen LogP contribution in [-0.2, 0) is 11.4 Å². The topological polar surface area (TPSA) is 36.8 Å². The van der Waals surface area contributed by atoms with Crippen molar-refractivity contribution in [1.82, 2.24) is 19.4 Å². The van der Waals surface area contributed by atoms with Crippen LogP contribution in [0.15, 0.2) is 24.3 Å². The van der Waals surface area contributed by atoms with E-state index >= 15 is 0 Å². The molecule has 3 heterocycles. The van der Waals surface area contributed by atoms with E-state index in [-0.39, 0.29) is 0 Å². The summed E-state index contributed by atoms with van der Waals surface area (Å²) in [5.74, 6) is 1.86. The molecule has 6 nitrogen and oxygen atoms in total. The number of ether oxygens (including phenoxy) is 1. The lowest BCUT2D eigenvalue weighted by Crippen LogP contribution is -2.49. The first-order valence-corrected chi connectivity index (χ1v) is 9.93. The van der Waals surface area contributed by atoms with Gasteiger partial charge in [0, 0.05) is 32.7 Å². The van der Waals surface area contributed by atoms with Crippen LogP contribution in [0.2, 0.25) is 0 Å². The lowest BCUT2D eigenvalue weighted by Gasteiger charge is -2.38. The molecule has 1 aromatic carbocycles. The predicted molar refractivity (Wildman–Crippen MR) is 105 cm³/mol. The van der Waals surface area contributed by atoms with Crippen LogP contribution in [0.5, 0.6) is 0 Å². The fourth-order valence-electron chi connectivity index (χ4n) is 3.83.